The summed E-state index contributed by atoms with van der Waals surface area (Å²) in [7, 11) is 2.95. The zero-order chi connectivity index (χ0) is 18.7. The van der Waals surface area contributed by atoms with Gasteiger partial charge in [0.25, 0.3) is 11.8 Å². The van der Waals surface area contributed by atoms with Crippen LogP contribution in [0.25, 0.3) is 10.1 Å². The monoisotopic (exact) mass is 374 g/mol. The first-order chi connectivity index (χ1) is 12.5. The fourth-order valence-corrected chi connectivity index (χ4v) is 3.33. The minimum Gasteiger partial charge on any atom is -0.493 e. The average molecular weight is 374 g/mol. The molecule has 0 radical (unpaired) electrons. The molecule has 0 saturated carbocycles. The number of hydrazine groups is 1. The van der Waals surface area contributed by atoms with E-state index in [9.17, 15) is 14.0 Å². The van der Waals surface area contributed by atoms with Gasteiger partial charge in [0.05, 0.1) is 19.1 Å². The average Bonchev–Trinajstić information content (AvgIpc) is 3.11. The van der Waals surface area contributed by atoms with Gasteiger partial charge >= 0.3 is 0 Å². The van der Waals surface area contributed by atoms with Gasteiger partial charge in [-0.2, -0.15) is 0 Å². The number of halogens is 1. The van der Waals surface area contributed by atoms with Gasteiger partial charge in [-0.1, -0.05) is 6.07 Å². The second-order valence-corrected chi connectivity index (χ2v) is 6.32. The molecule has 0 aliphatic rings. The van der Waals surface area contributed by atoms with Crippen molar-refractivity contribution in [3.05, 3.63) is 58.7 Å². The molecule has 2 N–H and O–H groups in total. The topological polar surface area (TPSA) is 76.7 Å². The van der Waals surface area contributed by atoms with Crippen LogP contribution in [0.4, 0.5) is 4.39 Å². The van der Waals surface area contributed by atoms with Gasteiger partial charge in [0.2, 0.25) is 0 Å². The van der Waals surface area contributed by atoms with Crippen LogP contribution in [0.2, 0.25) is 0 Å². The smallest absolute Gasteiger partial charge is 0.279 e. The summed E-state index contributed by atoms with van der Waals surface area (Å²) in [4.78, 5) is 24.7. The van der Waals surface area contributed by atoms with Crippen LogP contribution in [0.1, 0.15) is 20.0 Å². The van der Waals surface area contributed by atoms with Gasteiger partial charge in [0, 0.05) is 15.6 Å². The SMILES string of the molecule is COc1ccc(C(=O)NNC(=O)c2cc3c(F)cccc3s2)cc1OC. The Hall–Kier alpha value is -3.13. The number of carbonyl (C=O) groups excluding carboxylic acids is 2. The van der Waals surface area contributed by atoms with Crippen molar-refractivity contribution in [2.75, 3.05) is 14.2 Å². The fraction of sp³-hybridized carbons (Fsp3) is 0.111. The van der Waals surface area contributed by atoms with Gasteiger partial charge in [-0.15, -0.1) is 11.3 Å². The van der Waals surface area contributed by atoms with Gasteiger partial charge in [-0.3, -0.25) is 20.4 Å². The van der Waals surface area contributed by atoms with Gasteiger partial charge < -0.3 is 9.47 Å². The van der Waals surface area contributed by atoms with Crippen LogP contribution in [0, 0.1) is 5.82 Å². The zero-order valence-electron chi connectivity index (χ0n) is 14.0. The van der Waals surface area contributed by atoms with Crippen LogP contribution < -0.4 is 20.3 Å². The van der Waals surface area contributed by atoms with Crippen LogP contribution in [-0.4, -0.2) is 26.0 Å². The summed E-state index contributed by atoms with van der Waals surface area (Å²) >= 11 is 1.14. The Balaban J connectivity index is 1.70. The molecule has 0 bridgehead atoms. The van der Waals surface area contributed by atoms with E-state index < -0.39 is 17.6 Å². The maximum atomic E-state index is 13.7. The van der Waals surface area contributed by atoms with E-state index >= 15 is 0 Å². The normalized spacial score (nSPS) is 10.4. The van der Waals surface area contributed by atoms with E-state index in [0.717, 1.165) is 11.3 Å². The minimum atomic E-state index is -0.528. The fourth-order valence-electron chi connectivity index (χ4n) is 2.36. The minimum absolute atomic E-state index is 0.283. The summed E-state index contributed by atoms with van der Waals surface area (Å²) in [5.41, 5.74) is 4.93. The van der Waals surface area contributed by atoms with E-state index in [1.165, 1.54) is 38.5 Å². The molecule has 0 fully saturated rings. The first-order valence-corrected chi connectivity index (χ1v) is 8.36. The summed E-state index contributed by atoms with van der Waals surface area (Å²) < 4.78 is 24.6. The standard InChI is InChI=1S/C18H15FN2O4S/c1-24-13-7-6-10(8-14(13)25-2)17(22)20-21-18(23)16-9-11-12(19)4-3-5-15(11)26-16/h3-9H,1-2H3,(H,20,22)(H,21,23). The third-order valence-corrected chi connectivity index (χ3v) is 4.77. The Bertz CT molecular complexity index is 986. The summed E-state index contributed by atoms with van der Waals surface area (Å²) in [6.45, 7) is 0. The third kappa shape index (κ3) is 3.45. The molecule has 1 heterocycles. The van der Waals surface area contributed by atoms with Crippen LogP contribution >= 0.6 is 11.3 Å². The number of amides is 2. The van der Waals surface area contributed by atoms with Crippen molar-refractivity contribution in [3.8, 4) is 11.5 Å². The molecule has 0 unspecified atom stereocenters. The lowest BCUT2D eigenvalue weighted by Crippen LogP contribution is -2.41. The van der Waals surface area contributed by atoms with Crippen molar-refractivity contribution in [2.24, 2.45) is 0 Å². The van der Waals surface area contributed by atoms with Gasteiger partial charge in [0.15, 0.2) is 11.5 Å². The van der Waals surface area contributed by atoms with Crippen molar-refractivity contribution in [1.82, 2.24) is 10.9 Å². The van der Waals surface area contributed by atoms with Crippen LogP contribution in [0.5, 0.6) is 11.5 Å². The molecule has 0 aliphatic carbocycles. The largest absolute Gasteiger partial charge is 0.493 e. The number of ether oxygens (including phenoxy) is 2. The van der Waals surface area contributed by atoms with Gasteiger partial charge in [-0.05, 0) is 36.4 Å². The van der Waals surface area contributed by atoms with Crippen molar-refractivity contribution >= 4 is 33.2 Å². The van der Waals surface area contributed by atoms with Crippen molar-refractivity contribution in [1.29, 1.82) is 0 Å². The Morgan fingerprint density at radius 3 is 2.38 bits per heavy atom. The Morgan fingerprint density at radius 2 is 1.69 bits per heavy atom. The quantitative estimate of drug-likeness (QED) is 0.688. The summed E-state index contributed by atoms with van der Waals surface area (Å²) in [5.74, 6) is -0.565. The van der Waals surface area contributed by atoms with Crippen LogP contribution in [0.15, 0.2) is 42.5 Å². The number of methoxy groups -OCH3 is 2. The lowest BCUT2D eigenvalue weighted by atomic mass is 10.2. The summed E-state index contributed by atoms with van der Waals surface area (Å²) in [5, 5.41) is 0.369. The van der Waals surface area contributed by atoms with E-state index in [2.05, 4.69) is 10.9 Å². The molecule has 134 valence electrons. The van der Waals surface area contributed by atoms with E-state index in [-0.39, 0.29) is 10.4 Å². The molecular formula is C18H15FN2O4S. The molecule has 0 spiro atoms. The summed E-state index contributed by atoms with van der Waals surface area (Å²) in [6.07, 6.45) is 0. The molecule has 0 saturated heterocycles. The number of carbonyl (C=O) groups is 2. The maximum Gasteiger partial charge on any atom is 0.279 e. The van der Waals surface area contributed by atoms with E-state index in [0.29, 0.717) is 21.6 Å². The first-order valence-electron chi connectivity index (χ1n) is 7.54. The lowest BCUT2D eigenvalue weighted by Gasteiger charge is -2.10. The number of hydrogen-bond donors (Lipinski definition) is 2. The van der Waals surface area contributed by atoms with Crippen molar-refractivity contribution in [2.45, 2.75) is 0 Å². The van der Waals surface area contributed by atoms with Crippen molar-refractivity contribution < 1.29 is 23.5 Å². The van der Waals surface area contributed by atoms with Crippen LogP contribution in [-0.2, 0) is 0 Å². The molecule has 0 aliphatic heterocycles. The Kier molecular flexibility index (Phi) is 5.04. The predicted molar refractivity (Wildman–Crippen MR) is 96.3 cm³/mol. The Labute approximate surface area is 152 Å². The molecule has 8 heteroatoms. The highest BCUT2D eigenvalue weighted by molar-refractivity contribution is 7.20. The lowest BCUT2D eigenvalue weighted by molar-refractivity contribution is 0.0848. The van der Waals surface area contributed by atoms with E-state index in [1.807, 2.05) is 0 Å². The second-order valence-electron chi connectivity index (χ2n) is 5.24. The molecule has 6 nitrogen and oxygen atoms in total. The van der Waals surface area contributed by atoms with E-state index in [1.54, 1.807) is 18.2 Å². The number of benzene rings is 2. The number of thiophene rings is 1. The second kappa shape index (κ2) is 7.40. The van der Waals surface area contributed by atoms with Gasteiger partial charge in [-0.25, -0.2) is 4.39 Å². The summed E-state index contributed by atoms with van der Waals surface area (Å²) in [6, 6.07) is 10.7. The number of nitrogens with one attached hydrogen (secondary N) is 2. The highest BCUT2D eigenvalue weighted by Crippen LogP contribution is 2.28. The number of rotatable bonds is 4. The third-order valence-electron chi connectivity index (χ3n) is 3.67. The highest BCUT2D eigenvalue weighted by Gasteiger charge is 2.15. The van der Waals surface area contributed by atoms with Crippen LogP contribution in [0.3, 0.4) is 0 Å². The molecular weight excluding hydrogens is 359 g/mol. The molecule has 1 aromatic heterocycles. The van der Waals surface area contributed by atoms with E-state index in [4.69, 9.17) is 9.47 Å². The molecule has 2 aromatic carbocycles. The van der Waals surface area contributed by atoms with Gasteiger partial charge in [0.1, 0.15) is 5.82 Å². The maximum absolute atomic E-state index is 13.7. The number of fused-ring (bicyclic) bond motifs is 1. The molecule has 26 heavy (non-hydrogen) atoms. The Morgan fingerprint density at radius 1 is 0.962 bits per heavy atom. The zero-order valence-corrected chi connectivity index (χ0v) is 14.8. The molecule has 2 amide bonds. The predicted octanol–water partition coefficient (Wildman–Crippen LogP) is 3.13. The molecule has 3 rings (SSSR count). The molecule has 0 atom stereocenters. The highest BCUT2D eigenvalue weighted by atomic mass is 32.1. The van der Waals surface area contributed by atoms with Crippen molar-refractivity contribution in [3.63, 3.8) is 0 Å². The first kappa shape index (κ1) is 17.7. The molecule has 3 aromatic rings. The number of hydrogen-bond acceptors (Lipinski definition) is 5.